The number of rotatable bonds is 9. The van der Waals surface area contributed by atoms with Crippen LogP contribution in [0.15, 0.2) is 206 Å². The molecule has 0 spiro atoms. The van der Waals surface area contributed by atoms with Crippen molar-refractivity contribution in [2.24, 2.45) is 17.8 Å². The van der Waals surface area contributed by atoms with E-state index in [1.165, 1.54) is 98.3 Å². The Kier molecular flexibility index (Phi) is 9.13. The van der Waals surface area contributed by atoms with Crippen molar-refractivity contribution in [1.82, 2.24) is 0 Å². The van der Waals surface area contributed by atoms with E-state index in [0.29, 0.717) is 5.41 Å². The minimum absolute atomic E-state index is 0.101. The first-order valence-corrected chi connectivity index (χ1v) is 25.4. The zero-order valence-electron chi connectivity index (χ0n) is 36.6. The molecule has 4 bridgehead atoms. The number of benzene rings is 8. The lowest BCUT2D eigenvalue weighted by Crippen LogP contribution is -2.74. The van der Waals surface area contributed by atoms with E-state index in [1.807, 2.05) is 0 Å². The molecule has 2 heteroatoms. The summed E-state index contributed by atoms with van der Waals surface area (Å²) in [6.45, 7) is 4.76. The molecule has 308 valence electrons. The van der Waals surface area contributed by atoms with Crippen molar-refractivity contribution in [3.05, 3.63) is 223 Å². The molecule has 0 amide bonds. The quantitative estimate of drug-likeness (QED) is 0.103. The zero-order chi connectivity index (χ0) is 42.2. The molecule has 5 aliphatic carbocycles. The Balaban J connectivity index is 0.952. The molecule has 0 aromatic heterocycles. The highest BCUT2D eigenvalue weighted by atomic mass is 28.3. The lowest BCUT2D eigenvalue weighted by molar-refractivity contribution is -0.00518. The van der Waals surface area contributed by atoms with E-state index in [4.69, 9.17) is 0 Å². The van der Waals surface area contributed by atoms with Gasteiger partial charge in [0.1, 0.15) is 0 Å². The second kappa shape index (κ2) is 15.0. The molecule has 0 saturated heterocycles. The standard InChI is InChI=1S/C61H55NSi/c1-60(2)58-21-13-12-20-56(58)57-35-32-51(39-59(57)60)62(49-28-24-47(25-29-49)46-22-26-48(27-23-46)61-40-43-36-44(41-61)38-45(37-43)42-61)50-30-33-55(34-31-50)63(52-14-6-3-7-15-52,53-16-8-4-9-17-53)54-18-10-5-11-19-54/h3-35,39,43-45H,36-38,40-42H2,1-2H3. The number of nitrogens with zero attached hydrogens (tertiary/aromatic N) is 1. The topological polar surface area (TPSA) is 3.24 Å². The number of hydrogen-bond acceptors (Lipinski definition) is 1. The number of anilines is 3. The van der Waals surface area contributed by atoms with Crippen LogP contribution in [0.5, 0.6) is 0 Å². The molecule has 13 rings (SSSR count). The van der Waals surface area contributed by atoms with Crippen molar-refractivity contribution in [2.75, 3.05) is 4.90 Å². The lowest BCUT2D eigenvalue weighted by Gasteiger charge is -2.57. The Labute approximate surface area is 375 Å². The van der Waals surface area contributed by atoms with Gasteiger partial charge in [-0.25, -0.2) is 0 Å². The normalized spacial score (nSPS) is 21.5. The minimum Gasteiger partial charge on any atom is -0.310 e. The van der Waals surface area contributed by atoms with Gasteiger partial charge in [-0.2, -0.15) is 0 Å². The van der Waals surface area contributed by atoms with Gasteiger partial charge >= 0.3 is 0 Å². The molecule has 0 unspecified atom stereocenters. The van der Waals surface area contributed by atoms with Crippen LogP contribution >= 0.6 is 0 Å². The molecule has 0 heterocycles. The Morgan fingerprint density at radius 3 is 1.33 bits per heavy atom. The largest absolute Gasteiger partial charge is 0.310 e. The summed E-state index contributed by atoms with van der Waals surface area (Å²) in [7, 11) is -2.67. The van der Waals surface area contributed by atoms with Crippen LogP contribution in [0.4, 0.5) is 17.1 Å². The SMILES string of the molecule is CC1(C)c2ccccc2-c2ccc(N(c3ccc(-c4ccc(C56CC7CC(CC(C7)C5)C6)cc4)cc3)c3ccc([Si](c4ccccc4)(c4ccccc4)c4ccccc4)cc3)cc21. The Morgan fingerprint density at radius 2 is 0.810 bits per heavy atom. The summed E-state index contributed by atoms with van der Waals surface area (Å²) < 4.78 is 0. The summed E-state index contributed by atoms with van der Waals surface area (Å²) in [5, 5.41) is 5.52. The molecule has 0 radical (unpaired) electrons. The van der Waals surface area contributed by atoms with E-state index in [0.717, 1.165) is 29.1 Å². The van der Waals surface area contributed by atoms with Crippen molar-refractivity contribution in [3.63, 3.8) is 0 Å². The molecular weight excluding hydrogens is 775 g/mol. The molecule has 8 aromatic carbocycles. The smallest absolute Gasteiger partial charge is 0.179 e. The fourth-order valence-electron chi connectivity index (χ4n) is 13.5. The first-order valence-electron chi connectivity index (χ1n) is 23.4. The maximum absolute atomic E-state index is 2.67. The van der Waals surface area contributed by atoms with E-state index in [9.17, 15) is 0 Å². The molecule has 0 atom stereocenters. The van der Waals surface area contributed by atoms with Crippen LogP contribution in [0.1, 0.15) is 69.1 Å². The van der Waals surface area contributed by atoms with Gasteiger partial charge in [0.25, 0.3) is 0 Å². The Morgan fingerprint density at radius 1 is 0.397 bits per heavy atom. The van der Waals surface area contributed by atoms with Crippen molar-refractivity contribution >= 4 is 45.9 Å². The number of hydrogen-bond donors (Lipinski definition) is 0. The lowest BCUT2D eigenvalue weighted by atomic mass is 9.48. The summed E-state index contributed by atoms with van der Waals surface area (Å²) in [6.07, 6.45) is 8.68. The summed E-state index contributed by atoms with van der Waals surface area (Å²) in [5.74, 6) is 2.86. The van der Waals surface area contributed by atoms with Crippen LogP contribution in [-0.4, -0.2) is 8.07 Å². The predicted molar refractivity (Wildman–Crippen MR) is 268 cm³/mol. The van der Waals surface area contributed by atoms with Crippen LogP contribution in [0.2, 0.25) is 0 Å². The molecule has 63 heavy (non-hydrogen) atoms. The number of fused-ring (bicyclic) bond motifs is 3. The summed E-state index contributed by atoms with van der Waals surface area (Å²) in [4.78, 5) is 2.47. The maximum atomic E-state index is 2.48. The van der Waals surface area contributed by atoms with Crippen LogP contribution in [0, 0.1) is 17.8 Å². The molecule has 8 aromatic rings. The van der Waals surface area contributed by atoms with E-state index in [1.54, 1.807) is 5.56 Å². The van der Waals surface area contributed by atoms with E-state index in [2.05, 4.69) is 225 Å². The van der Waals surface area contributed by atoms with Gasteiger partial charge < -0.3 is 4.90 Å². The highest BCUT2D eigenvalue weighted by Gasteiger charge is 2.51. The van der Waals surface area contributed by atoms with Gasteiger partial charge in [-0.1, -0.05) is 184 Å². The first kappa shape index (κ1) is 38.5. The Hall–Kier alpha value is -6.22. The molecule has 5 aliphatic rings. The highest BCUT2D eigenvalue weighted by Crippen LogP contribution is 2.61. The predicted octanol–water partition coefficient (Wildman–Crippen LogP) is 13.0. The van der Waals surface area contributed by atoms with Crippen molar-refractivity contribution in [1.29, 1.82) is 0 Å². The molecule has 4 fully saturated rings. The van der Waals surface area contributed by atoms with Gasteiger partial charge in [-0.3, -0.25) is 0 Å². The van der Waals surface area contributed by atoms with Gasteiger partial charge in [-0.15, -0.1) is 0 Å². The fraction of sp³-hybridized carbons (Fsp3) is 0.213. The average molecular weight is 830 g/mol. The molecule has 0 N–H and O–H groups in total. The third-order valence-corrected chi connectivity index (χ3v) is 20.8. The van der Waals surface area contributed by atoms with E-state index < -0.39 is 8.07 Å². The molecular formula is C61H55NSi. The minimum atomic E-state index is -2.67. The monoisotopic (exact) mass is 829 g/mol. The third kappa shape index (κ3) is 6.24. The van der Waals surface area contributed by atoms with Gasteiger partial charge in [0, 0.05) is 22.5 Å². The van der Waals surface area contributed by atoms with Crippen LogP contribution in [0.3, 0.4) is 0 Å². The van der Waals surface area contributed by atoms with E-state index in [-0.39, 0.29) is 5.41 Å². The maximum Gasteiger partial charge on any atom is 0.179 e. The first-order chi connectivity index (χ1) is 30.9. The summed E-state index contributed by atoms with van der Waals surface area (Å²) in [6, 6.07) is 78.5. The molecule has 0 aliphatic heterocycles. The summed E-state index contributed by atoms with van der Waals surface area (Å²) in [5.41, 5.74) is 13.4. The van der Waals surface area contributed by atoms with Gasteiger partial charge in [0.15, 0.2) is 8.07 Å². The Bertz CT molecular complexity index is 2780. The van der Waals surface area contributed by atoms with Crippen LogP contribution < -0.4 is 25.6 Å². The second-order valence-corrected chi connectivity index (χ2v) is 23.8. The summed E-state index contributed by atoms with van der Waals surface area (Å²) >= 11 is 0. The highest BCUT2D eigenvalue weighted by molar-refractivity contribution is 7.19. The van der Waals surface area contributed by atoms with Crippen LogP contribution in [-0.2, 0) is 10.8 Å². The molecule has 1 nitrogen and oxygen atoms in total. The van der Waals surface area contributed by atoms with Gasteiger partial charge in [-0.05, 0) is 158 Å². The van der Waals surface area contributed by atoms with Crippen molar-refractivity contribution < 1.29 is 0 Å². The molecule has 4 saturated carbocycles. The van der Waals surface area contributed by atoms with Gasteiger partial charge in [0.05, 0.1) is 0 Å². The van der Waals surface area contributed by atoms with Gasteiger partial charge in [0.2, 0.25) is 0 Å². The van der Waals surface area contributed by atoms with E-state index >= 15 is 0 Å². The second-order valence-electron chi connectivity index (χ2n) is 20.0. The zero-order valence-corrected chi connectivity index (χ0v) is 37.6. The van der Waals surface area contributed by atoms with Crippen molar-refractivity contribution in [2.45, 2.75) is 63.2 Å². The average Bonchev–Trinajstić information content (AvgIpc) is 3.56. The third-order valence-electron chi connectivity index (χ3n) is 16.0. The van der Waals surface area contributed by atoms with Crippen molar-refractivity contribution in [3.8, 4) is 22.3 Å². The van der Waals surface area contributed by atoms with Crippen LogP contribution in [0.25, 0.3) is 22.3 Å². The fourth-order valence-corrected chi connectivity index (χ4v) is 18.2.